The van der Waals surface area contributed by atoms with E-state index in [0.29, 0.717) is 12.4 Å². The van der Waals surface area contributed by atoms with Gasteiger partial charge in [0.2, 0.25) is 0 Å². The zero-order valence-corrected chi connectivity index (χ0v) is 8.75. The van der Waals surface area contributed by atoms with Gasteiger partial charge in [0.15, 0.2) is 5.75 Å². The molecule has 1 rings (SSSR count). The van der Waals surface area contributed by atoms with Gasteiger partial charge in [0.05, 0.1) is 25.0 Å². The van der Waals surface area contributed by atoms with Gasteiger partial charge in [0, 0.05) is 0 Å². The van der Waals surface area contributed by atoms with E-state index >= 15 is 0 Å². The van der Waals surface area contributed by atoms with E-state index in [1.807, 2.05) is 6.92 Å². The van der Waals surface area contributed by atoms with Crippen molar-refractivity contribution in [3.8, 4) is 5.75 Å². The van der Waals surface area contributed by atoms with Crippen molar-refractivity contribution in [1.29, 1.82) is 0 Å². The molecule has 0 aliphatic rings. The van der Waals surface area contributed by atoms with Crippen LogP contribution in [0.1, 0.15) is 19.9 Å². The molecular formula is C9H15N3O3. The zero-order chi connectivity index (χ0) is 11.4. The Bertz CT molecular complexity index is 337. The van der Waals surface area contributed by atoms with E-state index in [4.69, 9.17) is 15.6 Å². The quantitative estimate of drug-likeness (QED) is 0.731. The molecule has 15 heavy (non-hydrogen) atoms. The van der Waals surface area contributed by atoms with Crippen LogP contribution in [0.4, 0.5) is 0 Å². The number of carboxylic acids is 1. The third-order valence-corrected chi connectivity index (χ3v) is 2.11. The number of hydrogen-bond donors (Lipinski definition) is 2. The molecule has 2 unspecified atom stereocenters. The van der Waals surface area contributed by atoms with Crippen LogP contribution in [0.15, 0.2) is 12.4 Å². The number of aliphatic carboxylic acids is 1. The van der Waals surface area contributed by atoms with Crippen molar-refractivity contribution in [2.75, 3.05) is 6.61 Å². The molecule has 1 heterocycles. The molecule has 0 radical (unpaired) electrons. The number of ether oxygens (including phenoxy) is 1. The third kappa shape index (κ3) is 2.69. The highest BCUT2D eigenvalue weighted by Gasteiger charge is 2.22. The van der Waals surface area contributed by atoms with E-state index in [0.717, 1.165) is 0 Å². The highest BCUT2D eigenvalue weighted by Crippen LogP contribution is 2.14. The molecule has 6 nitrogen and oxygen atoms in total. The highest BCUT2D eigenvalue weighted by molar-refractivity contribution is 5.73. The molecule has 0 spiro atoms. The van der Waals surface area contributed by atoms with E-state index in [-0.39, 0.29) is 0 Å². The smallest absolute Gasteiger partial charge is 0.322 e. The van der Waals surface area contributed by atoms with Gasteiger partial charge in [-0.2, -0.15) is 5.10 Å². The van der Waals surface area contributed by atoms with Gasteiger partial charge >= 0.3 is 5.97 Å². The van der Waals surface area contributed by atoms with Crippen molar-refractivity contribution in [3.63, 3.8) is 0 Å². The number of nitrogens with zero attached hydrogens (tertiary/aromatic N) is 2. The largest absolute Gasteiger partial charge is 0.491 e. The van der Waals surface area contributed by atoms with E-state index in [2.05, 4.69) is 5.10 Å². The highest BCUT2D eigenvalue weighted by atomic mass is 16.5. The van der Waals surface area contributed by atoms with Crippen LogP contribution in [0.25, 0.3) is 0 Å². The fourth-order valence-electron chi connectivity index (χ4n) is 1.16. The standard InChI is InChI=1S/C9H15N3O3/c1-3-15-7-4-11-12(5-7)6(2)8(10)9(13)14/h4-6,8H,3,10H2,1-2H3,(H,13,14). The number of carboxylic acid groups (broad SMARTS) is 1. The second-order valence-electron chi connectivity index (χ2n) is 3.19. The summed E-state index contributed by atoms with van der Waals surface area (Å²) in [6.07, 6.45) is 3.17. The van der Waals surface area contributed by atoms with E-state index in [9.17, 15) is 4.79 Å². The predicted octanol–water partition coefficient (Wildman–Crippen LogP) is 0.255. The first kappa shape index (κ1) is 11.5. The van der Waals surface area contributed by atoms with Gasteiger partial charge in [-0.25, -0.2) is 0 Å². The van der Waals surface area contributed by atoms with Crippen LogP contribution in [0.5, 0.6) is 5.75 Å². The molecule has 0 aliphatic carbocycles. The Morgan fingerprint density at radius 2 is 2.47 bits per heavy atom. The Balaban J connectivity index is 2.73. The third-order valence-electron chi connectivity index (χ3n) is 2.11. The lowest BCUT2D eigenvalue weighted by atomic mass is 10.1. The number of carbonyl (C=O) groups is 1. The van der Waals surface area contributed by atoms with Crippen molar-refractivity contribution in [2.24, 2.45) is 5.73 Å². The Morgan fingerprint density at radius 1 is 1.80 bits per heavy atom. The van der Waals surface area contributed by atoms with Gasteiger partial charge in [0.25, 0.3) is 0 Å². The second-order valence-corrected chi connectivity index (χ2v) is 3.19. The van der Waals surface area contributed by atoms with Gasteiger partial charge in [-0.15, -0.1) is 0 Å². The van der Waals surface area contributed by atoms with E-state index in [1.54, 1.807) is 13.1 Å². The number of aromatic nitrogens is 2. The summed E-state index contributed by atoms with van der Waals surface area (Å²) >= 11 is 0. The lowest BCUT2D eigenvalue weighted by Crippen LogP contribution is -2.38. The Hall–Kier alpha value is -1.56. The minimum absolute atomic E-state index is 0.406. The first-order chi connectivity index (χ1) is 7.06. The molecular weight excluding hydrogens is 198 g/mol. The zero-order valence-electron chi connectivity index (χ0n) is 8.75. The summed E-state index contributed by atoms with van der Waals surface area (Å²) in [6, 6.07) is -1.38. The molecule has 0 saturated carbocycles. The summed E-state index contributed by atoms with van der Waals surface area (Å²) in [7, 11) is 0. The van der Waals surface area contributed by atoms with E-state index in [1.165, 1.54) is 10.9 Å². The minimum Gasteiger partial charge on any atom is -0.491 e. The van der Waals surface area contributed by atoms with Crippen LogP contribution >= 0.6 is 0 Å². The van der Waals surface area contributed by atoms with E-state index < -0.39 is 18.1 Å². The Kier molecular flexibility index (Phi) is 3.68. The summed E-state index contributed by atoms with van der Waals surface area (Å²) in [6.45, 7) is 4.11. The van der Waals surface area contributed by atoms with Crippen molar-refractivity contribution < 1.29 is 14.6 Å². The maximum absolute atomic E-state index is 10.6. The van der Waals surface area contributed by atoms with Gasteiger partial charge in [0.1, 0.15) is 6.04 Å². The van der Waals surface area contributed by atoms with Crippen molar-refractivity contribution in [3.05, 3.63) is 12.4 Å². The molecule has 0 fully saturated rings. The van der Waals surface area contributed by atoms with Crippen LogP contribution in [0, 0.1) is 0 Å². The number of nitrogens with two attached hydrogens (primary N) is 1. The topological polar surface area (TPSA) is 90.4 Å². The molecule has 1 aromatic heterocycles. The van der Waals surface area contributed by atoms with Crippen LogP contribution < -0.4 is 10.5 Å². The van der Waals surface area contributed by atoms with Gasteiger partial charge in [-0.05, 0) is 13.8 Å². The molecule has 0 bridgehead atoms. The molecule has 1 aromatic rings. The predicted molar refractivity (Wildman–Crippen MR) is 53.7 cm³/mol. The van der Waals surface area contributed by atoms with Crippen LogP contribution in [-0.2, 0) is 4.79 Å². The molecule has 0 aromatic carbocycles. The van der Waals surface area contributed by atoms with Crippen molar-refractivity contribution in [1.82, 2.24) is 9.78 Å². The normalized spacial score (nSPS) is 14.6. The molecule has 3 N–H and O–H groups in total. The molecule has 2 atom stereocenters. The van der Waals surface area contributed by atoms with Crippen LogP contribution in [-0.4, -0.2) is 33.5 Å². The number of rotatable bonds is 5. The summed E-state index contributed by atoms with van der Waals surface area (Å²) in [4.78, 5) is 10.6. The monoisotopic (exact) mass is 213 g/mol. The molecule has 0 amide bonds. The lowest BCUT2D eigenvalue weighted by molar-refractivity contribution is -0.139. The molecule has 84 valence electrons. The fraction of sp³-hybridized carbons (Fsp3) is 0.556. The minimum atomic E-state index is -1.05. The summed E-state index contributed by atoms with van der Waals surface area (Å²) < 4.78 is 6.70. The SMILES string of the molecule is CCOc1cnn(C(C)C(N)C(=O)O)c1. The van der Waals surface area contributed by atoms with Gasteiger partial charge in [-0.3, -0.25) is 9.48 Å². The van der Waals surface area contributed by atoms with Crippen LogP contribution in [0.2, 0.25) is 0 Å². The Labute approximate surface area is 87.6 Å². The second kappa shape index (κ2) is 4.79. The van der Waals surface area contributed by atoms with Crippen molar-refractivity contribution >= 4 is 5.97 Å². The summed E-state index contributed by atoms with van der Waals surface area (Å²) in [5.74, 6) is -0.433. The first-order valence-corrected chi connectivity index (χ1v) is 4.71. The molecule has 0 aliphatic heterocycles. The lowest BCUT2D eigenvalue weighted by Gasteiger charge is -2.15. The first-order valence-electron chi connectivity index (χ1n) is 4.71. The number of hydrogen-bond acceptors (Lipinski definition) is 4. The summed E-state index contributed by atoms with van der Waals surface area (Å²) in [5, 5.41) is 12.7. The maximum atomic E-state index is 10.6. The van der Waals surface area contributed by atoms with Gasteiger partial charge < -0.3 is 15.6 Å². The summed E-state index contributed by atoms with van der Waals surface area (Å²) in [5.41, 5.74) is 5.47. The Morgan fingerprint density at radius 3 is 3.00 bits per heavy atom. The maximum Gasteiger partial charge on any atom is 0.322 e. The average Bonchev–Trinajstić information content (AvgIpc) is 2.64. The van der Waals surface area contributed by atoms with Crippen LogP contribution in [0.3, 0.4) is 0 Å². The average molecular weight is 213 g/mol. The molecule has 0 saturated heterocycles. The van der Waals surface area contributed by atoms with Crippen molar-refractivity contribution in [2.45, 2.75) is 25.9 Å². The molecule has 6 heteroatoms. The fourth-order valence-corrected chi connectivity index (χ4v) is 1.16. The van der Waals surface area contributed by atoms with Gasteiger partial charge in [-0.1, -0.05) is 0 Å².